The van der Waals surface area contributed by atoms with E-state index in [0.717, 1.165) is 6.42 Å². The largest absolute Gasteiger partial charge is 0.223 e. The monoisotopic (exact) mass is 270 g/mol. The van der Waals surface area contributed by atoms with E-state index >= 15 is 0 Å². The van der Waals surface area contributed by atoms with Gasteiger partial charge in [-0.3, -0.25) is 0 Å². The first-order valence-corrected chi connectivity index (χ1v) is 7.95. The van der Waals surface area contributed by atoms with E-state index in [-0.39, 0.29) is 10.1 Å². The zero-order valence-corrected chi connectivity index (χ0v) is 11.6. The Bertz CT molecular complexity index is 507. The van der Waals surface area contributed by atoms with E-state index in [1.165, 1.54) is 24.3 Å². The van der Waals surface area contributed by atoms with Gasteiger partial charge >= 0.3 is 0 Å². The second kappa shape index (κ2) is 5.00. The van der Waals surface area contributed by atoms with Crippen molar-refractivity contribution in [3.8, 4) is 0 Å². The molecule has 0 aromatic heterocycles. The highest BCUT2D eigenvalue weighted by molar-refractivity contribution is 7.92. The second-order valence-corrected chi connectivity index (χ2v) is 7.62. The SMILES string of the molecule is CC1CCC(S(=O)(=O)c2ccc(F)cc2)CC1C. The summed E-state index contributed by atoms with van der Waals surface area (Å²) in [6.07, 6.45) is 2.37. The molecule has 0 saturated heterocycles. The molecule has 1 saturated carbocycles. The van der Waals surface area contributed by atoms with Crippen molar-refractivity contribution in [1.29, 1.82) is 0 Å². The summed E-state index contributed by atoms with van der Waals surface area (Å²) in [7, 11) is -3.30. The average Bonchev–Trinajstić information content (AvgIpc) is 2.33. The molecule has 1 aliphatic carbocycles. The number of sulfone groups is 1. The van der Waals surface area contributed by atoms with Gasteiger partial charge in [0.25, 0.3) is 0 Å². The maximum Gasteiger partial charge on any atom is 0.181 e. The van der Waals surface area contributed by atoms with E-state index in [2.05, 4.69) is 13.8 Å². The van der Waals surface area contributed by atoms with Crippen molar-refractivity contribution in [2.24, 2.45) is 11.8 Å². The van der Waals surface area contributed by atoms with Crippen molar-refractivity contribution < 1.29 is 12.8 Å². The van der Waals surface area contributed by atoms with E-state index < -0.39 is 15.7 Å². The molecule has 100 valence electrons. The molecule has 1 aromatic rings. The van der Waals surface area contributed by atoms with Crippen LogP contribution in [-0.2, 0) is 9.84 Å². The highest BCUT2D eigenvalue weighted by atomic mass is 32.2. The van der Waals surface area contributed by atoms with Gasteiger partial charge in [0.15, 0.2) is 9.84 Å². The maximum absolute atomic E-state index is 12.8. The van der Waals surface area contributed by atoms with Crippen LogP contribution in [-0.4, -0.2) is 13.7 Å². The summed E-state index contributed by atoms with van der Waals surface area (Å²) < 4.78 is 37.7. The van der Waals surface area contributed by atoms with Gasteiger partial charge in [-0.2, -0.15) is 0 Å². The summed E-state index contributed by atoms with van der Waals surface area (Å²) in [4.78, 5) is 0.246. The second-order valence-electron chi connectivity index (χ2n) is 5.39. The quantitative estimate of drug-likeness (QED) is 0.772. The Labute approximate surface area is 108 Å². The first-order chi connectivity index (χ1) is 8.41. The minimum absolute atomic E-state index is 0.246. The molecule has 2 nitrogen and oxygen atoms in total. The van der Waals surface area contributed by atoms with Crippen LogP contribution in [0.5, 0.6) is 0 Å². The Morgan fingerprint density at radius 3 is 2.22 bits per heavy atom. The molecule has 1 fully saturated rings. The van der Waals surface area contributed by atoms with Crippen LogP contribution < -0.4 is 0 Å². The normalized spacial score (nSPS) is 29.2. The van der Waals surface area contributed by atoms with Gasteiger partial charge in [0, 0.05) is 0 Å². The number of rotatable bonds is 2. The van der Waals surface area contributed by atoms with Crippen molar-refractivity contribution in [3.63, 3.8) is 0 Å². The lowest BCUT2D eigenvalue weighted by Crippen LogP contribution is -2.31. The van der Waals surface area contributed by atoms with Gasteiger partial charge < -0.3 is 0 Å². The van der Waals surface area contributed by atoms with E-state index in [1.54, 1.807) is 0 Å². The molecule has 18 heavy (non-hydrogen) atoms. The van der Waals surface area contributed by atoms with E-state index in [4.69, 9.17) is 0 Å². The number of benzene rings is 1. The predicted octanol–water partition coefficient (Wildman–Crippen LogP) is 3.42. The van der Waals surface area contributed by atoms with Crippen molar-refractivity contribution >= 4 is 9.84 Å². The van der Waals surface area contributed by atoms with Crippen LogP contribution >= 0.6 is 0 Å². The molecule has 0 heterocycles. The lowest BCUT2D eigenvalue weighted by atomic mass is 9.81. The van der Waals surface area contributed by atoms with Gasteiger partial charge in [-0.05, 0) is 55.4 Å². The molecule has 0 radical (unpaired) electrons. The first kappa shape index (κ1) is 13.5. The number of hydrogen-bond donors (Lipinski definition) is 0. The third-order valence-corrected chi connectivity index (χ3v) is 6.37. The summed E-state index contributed by atoms with van der Waals surface area (Å²) in [5.41, 5.74) is 0. The van der Waals surface area contributed by atoms with Crippen LogP contribution in [0.25, 0.3) is 0 Å². The van der Waals surface area contributed by atoms with Crippen molar-refractivity contribution in [1.82, 2.24) is 0 Å². The Kier molecular flexibility index (Phi) is 3.76. The summed E-state index contributed by atoms with van der Waals surface area (Å²) in [5, 5.41) is -0.311. The minimum Gasteiger partial charge on any atom is -0.223 e. The van der Waals surface area contributed by atoms with Crippen LogP contribution in [0.3, 0.4) is 0 Å². The van der Waals surface area contributed by atoms with Gasteiger partial charge in [-0.25, -0.2) is 12.8 Å². The van der Waals surface area contributed by atoms with E-state index in [1.807, 2.05) is 0 Å². The van der Waals surface area contributed by atoms with Gasteiger partial charge in [0.05, 0.1) is 10.1 Å². The average molecular weight is 270 g/mol. The third-order valence-electron chi connectivity index (χ3n) is 4.13. The number of hydrogen-bond acceptors (Lipinski definition) is 2. The highest BCUT2D eigenvalue weighted by Crippen LogP contribution is 2.35. The topological polar surface area (TPSA) is 34.1 Å². The molecule has 0 bridgehead atoms. The molecule has 3 unspecified atom stereocenters. The van der Waals surface area contributed by atoms with Crippen LogP contribution in [0, 0.1) is 17.7 Å². The molecule has 0 spiro atoms. The molecule has 4 heteroatoms. The molecule has 1 aliphatic rings. The van der Waals surface area contributed by atoms with E-state index in [0.29, 0.717) is 24.7 Å². The lowest BCUT2D eigenvalue weighted by molar-refractivity contribution is 0.278. The molecular weight excluding hydrogens is 251 g/mol. The Balaban J connectivity index is 2.24. The fourth-order valence-electron chi connectivity index (χ4n) is 2.60. The lowest BCUT2D eigenvalue weighted by Gasteiger charge is -2.31. The molecule has 1 aromatic carbocycles. The zero-order chi connectivity index (χ0) is 13.3. The Morgan fingerprint density at radius 1 is 1.06 bits per heavy atom. The first-order valence-electron chi connectivity index (χ1n) is 6.40. The van der Waals surface area contributed by atoms with Gasteiger partial charge in [0.1, 0.15) is 5.82 Å². The summed E-state index contributed by atoms with van der Waals surface area (Å²) >= 11 is 0. The van der Waals surface area contributed by atoms with Crippen molar-refractivity contribution in [3.05, 3.63) is 30.1 Å². The molecule has 0 aliphatic heterocycles. The Hall–Kier alpha value is -0.900. The minimum atomic E-state index is -3.30. The third kappa shape index (κ3) is 2.58. The smallest absolute Gasteiger partial charge is 0.181 e. The molecule has 3 atom stereocenters. The van der Waals surface area contributed by atoms with Gasteiger partial charge in [-0.15, -0.1) is 0 Å². The van der Waals surface area contributed by atoms with Crippen molar-refractivity contribution in [2.75, 3.05) is 0 Å². The summed E-state index contributed by atoms with van der Waals surface area (Å²) in [6.45, 7) is 4.28. The molecule has 0 N–H and O–H groups in total. The highest BCUT2D eigenvalue weighted by Gasteiger charge is 2.34. The van der Waals surface area contributed by atoms with Crippen LogP contribution in [0.4, 0.5) is 4.39 Å². The molecular formula is C14H19FO2S. The maximum atomic E-state index is 12.8. The molecule has 2 rings (SSSR count). The fraction of sp³-hybridized carbons (Fsp3) is 0.571. The predicted molar refractivity (Wildman–Crippen MR) is 69.6 cm³/mol. The summed E-state index contributed by atoms with van der Waals surface area (Å²) in [5.74, 6) is 0.614. The van der Waals surface area contributed by atoms with Crippen LogP contribution in [0.15, 0.2) is 29.2 Å². The van der Waals surface area contributed by atoms with E-state index in [9.17, 15) is 12.8 Å². The van der Waals surface area contributed by atoms with Crippen molar-refractivity contribution in [2.45, 2.75) is 43.3 Å². The van der Waals surface area contributed by atoms with Gasteiger partial charge in [-0.1, -0.05) is 13.8 Å². The van der Waals surface area contributed by atoms with Crippen LogP contribution in [0.1, 0.15) is 33.1 Å². The van der Waals surface area contributed by atoms with Gasteiger partial charge in [0.2, 0.25) is 0 Å². The Morgan fingerprint density at radius 2 is 1.67 bits per heavy atom. The standard InChI is InChI=1S/C14H19FO2S/c1-10-3-6-14(9-11(10)2)18(16,17)13-7-4-12(15)5-8-13/h4-5,7-8,10-11,14H,3,6,9H2,1-2H3. The van der Waals surface area contributed by atoms with Crippen LogP contribution in [0.2, 0.25) is 0 Å². The zero-order valence-electron chi connectivity index (χ0n) is 10.8. The summed E-state index contributed by atoms with van der Waals surface area (Å²) in [6, 6.07) is 5.16. The number of halogens is 1. The fourth-order valence-corrected chi connectivity index (χ4v) is 4.50. The molecule has 0 amide bonds.